The van der Waals surface area contributed by atoms with Crippen molar-refractivity contribution in [2.45, 2.75) is 20.0 Å². The summed E-state index contributed by atoms with van der Waals surface area (Å²) in [6.45, 7) is 3.17. The molecule has 4 aromatic rings. The lowest BCUT2D eigenvalue weighted by Gasteiger charge is -2.16. The lowest BCUT2D eigenvalue weighted by molar-refractivity contribution is -0.137. The summed E-state index contributed by atoms with van der Waals surface area (Å²) < 4.78 is 46.6. The molecule has 1 N–H and O–H groups in total. The number of hydrogen-bond donors (Lipinski definition) is 1. The maximum absolute atomic E-state index is 13.2. The quantitative estimate of drug-likeness (QED) is 0.221. The predicted molar refractivity (Wildman–Crippen MR) is 160 cm³/mol. The number of imide groups is 1. The predicted octanol–water partition coefficient (Wildman–Crippen LogP) is 7.46. The van der Waals surface area contributed by atoms with Crippen molar-refractivity contribution in [3.63, 3.8) is 0 Å². The highest BCUT2D eigenvalue weighted by molar-refractivity contribution is 8.18. The maximum Gasteiger partial charge on any atom is 0.416 e. The fraction of sp³-hybridized carbons (Fsp3) is 0.156. The number of nitrogens with zero attached hydrogens (tertiary/aromatic N) is 2. The normalized spacial score (nSPS) is 14.5. The molecule has 0 spiro atoms. The van der Waals surface area contributed by atoms with E-state index in [1.165, 1.54) is 7.11 Å². The summed E-state index contributed by atoms with van der Waals surface area (Å²) in [5.74, 6) is -1.52. The summed E-state index contributed by atoms with van der Waals surface area (Å²) >= 11 is 0.693. The Bertz CT molecular complexity index is 1750. The van der Waals surface area contributed by atoms with Gasteiger partial charge in [-0.25, -0.2) is 0 Å². The number of anilines is 1. The number of methoxy groups -OCH3 is 1. The molecule has 1 fully saturated rings. The minimum Gasteiger partial charge on any atom is -0.495 e. The minimum atomic E-state index is -4.63. The minimum absolute atomic E-state index is 0.000414. The van der Waals surface area contributed by atoms with E-state index in [1.807, 2.05) is 79.1 Å². The molecule has 43 heavy (non-hydrogen) atoms. The van der Waals surface area contributed by atoms with Crippen molar-refractivity contribution in [1.82, 2.24) is 9.47 Å². The summed E-state index contributed by atoms with van der Waals surface area (Å²) in [5.41, 5.74) is 4.41. The molecule has 5 rings (SSSR count). The highest BCUT2D eigenvalue weighted by Gasteiger charge is 2.37. The second kappa shape index (κ2) is 11.8. The van der Waals surface area contributed by atoms with Crippen LogP contribution in [0.3, 0.4) is 0 Å². The number of halogens is 3. The molecule has 11 heteroatoms. The average Bonchev–Trinajstić information content (AvgIpc) is 3.41. The second-order valence-electron chi connectivity index (χ2n) is 9.80. The first-order valence-electron chi connectivity index (χ1n) is 13.1. The van der Waals surface area contributed by atoms with Crippen LogP contribution in [0.2, 0.25) is 0 Å². The average molecular weight is 606 g/mol. The molecule has 0 saturated carbocycles. The number of aromatic nitrogens is 1. The van der Waals surface area contributed by atoms with Crippen LogP contribution in [0.5, 0.6) is 5.75 Å². The monoisotopic (exact) mass is 605 g/mol. The molecular formula is C32H26F3N3O4S. The highest BCUT2D eigenvalue weighted by atomic mass is 32.2. The molecule has 0 atom stereocenters. The Labute approximate surface area is 250 Å². The van der Waals surface area contributed by atoms with Gasteiger partial charge in [0, 0.05) is 17.1 Å². The van der Waals surface area contributed by atoms with Crippen LogP contribution < -0.4 is 10.1 Å². The summed E-state index contributed by atoms with van der Waals surface area (Å²) in [7, 11) is 1.25. The van der Waals surface area contributed by atoms with Crippen molar-refractivity contribution in [3.8, 4) is 22.6 Å². The van der Waals surface area contributed by atoms with Gasteiger partial charge >= 0.3 is 6.18 Å². The first-order valence-corrected chi connectivity index (χ1v) is 13.9. The van der Waals surface area contributed by atoms with Crippen LogP contribution >= 0.6 is 11.8 Å². The fourth-order valence-corrected chi connectivity index (χ4v) is 5.69. The van der Waals surface area contributed by atoms with Crippen molar-refractivity contribution < 1.29 is 32.3 Å². The topological polar surface area (TPSA) is 80.6 Å². The molecule has 3 aromatic carbocycles. The van der Waals surface area contributed by atoms with Crippen molar-refractivity contribution in [2.24, 2.45) is 0 Å². The number of rotatable bonds is 7. The summed E-state index contributed by atoms with van der Waals surface area (Å²) in [5, 5.41) is 1.66. The molecule has 0 bridgehead atoms. The van der Waals surface area contributed by atoms with Gasteiger partial charge in [-0.15, -0.1) is 0 Å². The molecule has 3 amide bonds. The zero-order valence-electron chi connectivity index (χ0n) is 23.4. The van der Waals surface area contributed by atoms with Crippen molar-refractivity contribution >= 4 is 40.6 Å². The molecule has 2 heterocycles. The summed E-state index contributed by atoms with van der Waals surface area (Å²) in [4.78, 5) is 39.4. The van der Waals surface area contributed by atoms with Crippen molar-refractivity contribution in [1.29, 1.82) is 0 Å². The van der Waals surface area contributed by atoms with E-state index in [0.717, 1.165) is 56.9 Å². The van der Waals surface area contributed by atoms with E-state index in [1.54, 1.807) is 6.08 Å². The lowest BCUT2D eigenvalue weighted by Crippen LogP contribution is -2.36. The first-order chi connectivity index (χ1) is 20.5. The molecule has 1 aliphatic heterocycles. The number of thioether (sulfide) groups is 1. The largest absolute Gasteiger partial charge is 0.495 e. The number of carbonyl (C=O) groups excluding carboxylic acids is 3. The summed E-state index contributed by atoms with van der Waals surface area (Å²) in [6, 6.07) is 22.6. The zero-order chi connectivity index (χ0) is 30.9. The van der Waals surface area contributed by atoms with E-state index in [9.17, 15) is 27.6 Å². The Morgan fingerprint density at radius 1 is 0.953 bits per heavy atom. The molecule has 0 unspecified atom stereocenters. The SMILES string of the molecule is COc1ccc(C(F)(F)F)cc1NC(=O)CN1C(=O)S/C(=C\c2cc(C)n(-c3ccc(-c4ccccc4)cc3)c2C)C1=O. The number of hydrogen-bond acceptors (Lipinski definition) is 5. The van der Waals surface area contributed by atoms with Gasteiger partial charge in [-0.2, -0.15) is 13.2 Å². The molecule has 7 nitrogen and oxygen atoms in total. The fourth-order valence-electron chi connectivity index (χ4n) is 4.86. The van der Waals surface area contributed by atoms with Crippen LogP contribution in [0.4, 0.5) is 23.7 Å². The van der Waals surface area contributed by atoms with Gasteiger partial charge in [-0.3, -0.25) is 19.3 Å². The van der Waals surface area contributed by atoms with Gasteiger partial charge in [0.1, 0.15) is 12.3 Å². The van der Waals surface area contributed by atoms with Crippen LogP contribution in [0, 0.1) is 13.8 Å². The molecule has 0 aliphatic carbocycles. The first kappa shape index (κ1) is 29.7. The number of nitrogens with one attached hydrogen (secondary N) is 1. The third-order valence-corrected chi connectivity index (χ3v) is 7.87. The third-order valence-electron chi connectivity index (χ3n) is 6.97. The van der Waals surface area contributed by atoms with Crippen molar-refractivity contribution in [2.75, 3.05) is 19.0 Å². The van der Waals surface area contributed by atoms with Gasteiger partial charge in [0.15, 0.2) is 0 Å². The molecular weight excluding hydrogens is 579 g/mol. The summed E-state index contributed by atoms with van der Waals surface area (Å²) in [6.07, 6.45) is -3.03. The highest BCUT2D eigenvalue weighted by Crippen LogP contribution is 2.36. The van der Waals surface area contributed by atoms with Gasteiger partial charge in [-0.1, -0.05) is 42.5 Å². The number of aryl methyl sites for hydroxylation is 1. The Morgan fingerprint density at radius 3 is 2.28 bits per heavy atom. The van der Waals surface area contributed by atoms with E-state index in [-0.39, 0.29) is 16.3 Å². The Balaban J connectivity index is 1.32. The van der Waals surface area contributed by atoms with Crippen LogP contribution in [-0.2, 0) is 15.8 Å². The smallest absolute Gasteiger partial charge is 0.416 e. The van der Waals surface area contributed by atoms with E-state index in [4.69, 9.17) is 4.74 Å². The number of alkyl halides is 3. The number of ether oxygens (including phenoxy) is 1. The van der Waals surface area contributed by atoms with Crippen molar-refractivity contribution in [3.05, 3.63) is 106 Å². The van der Waals surface area contributed by atoms with Gasteiger partial charge < -0.3 is 14.6 Å². The number of amides is 3. The maximum atomic E-state index is 13.2. The van der Waals surface area contributed by atoms with Crippen LogP contribution in [0.25, 0.3) is 22.9 Å². The van der Waals surface area contributed by atoms with Gasteiger partial charge in [-0.05, 0) is 84.8 Å². The van der Waals surface area contributed by atoms with Crippen LogP contribution in [-0.4, -0.2) is 40.2 Å². The third kappa shape index (κ3) is 6.21. The van der Waals surface area contributed by atoms with E-state index >= 15 is 0 Å². The Hall–Kier alpha value is -4.77. The molecule has 1 aliphatic rings. The second-order valence-corrected chi connectivity index (χ2v) is 10.8. The van der Waals surface area contributed by atoms with E-state index in [0.29, 0.717) is 11.8 Å². The van der Waals surface area contributed by atoms with E-state index < -0.39 is 35.3 Å². The molecule has 0 radical (unpaired) electrons. The zero-order valence-corrected chi connectivity index (χ0v) is 24.2. The van der Waals surface area contributed by atoms with Gasteiger partial charge in [0.05, 0.1) is 23.3 Å². The Kier molecular flexibility index (Phi) is 8.19. The van der Waals surface area contributed by atoms with Crippen LogP contribution in [0.15, 0.2) is 83.8 Å². The molecule has 1 saturated heterocycles. The molecule has 1 aromatic heterocycles. The van der Waals surface area contributed by atoms with Crippen LogP contribution in [0.1, 0.15) is 22.5 Å². The number of carbonyl (C=O) groups is 3. The van der Waals surface area contributed by atoms with E-state index in [2.05, 4.69) is 5.32 Å². The lowest BCUT2D eigenvalue weighted by atomic mass is 10.1. The molecule has 220 valence electrons. The Morgan fingerprint density at radius 2 is 1.63 bits per heavy atom. The standard InChI is InChI=1S/C32H26F3N3O4S/c1-19-15-23(20(2)38(19)25-12-9-22(10-13-25)21-7-5-4-6-8-21)16-28-30(40)37(31(41)43-28)18-29(39)36-26-17-24(32(33,34)35)11-14-27(26)42-3/h4-17H,18H2,1-3H3,(H,36,39)/b28-16-. The van der Waals surface area contributed by atoms with Gasteiger partial charge in [0.2, 0.25) is 5.91 Å². The van der Waals surface area contributed by atoms with Gasteiger partial charge in [0.25, 0.3) is 11.1 Å². The number of benzene rings is 3.